The topological polar surface area (TPSA) is 23.8 Å². The molecule has 0 bridgehead atoms. The van der Waals surface area contributed by atoms with Crippen LogP contribution in [0.4, 0.5) is 17.6 Å². The number of hydrogen-bond donors (Lipinski definition) is 0. The van der Waals surface area contributed by atoms with Gasteiger partial charge >= 0.3 is 0 Å². The van der Waals surface area contributed by atoms with Crippen molar-refractivity contribution in [3.05, 3.63) is 105 Å². The van der Waals surface area contributed by atoms with Crippen molar-refractivity contribution >= 4 is 0 Å². The Hall–Kier alpha value is -3.13. The summed E-state index contributed by atoms with van der Waals surface area (Å²) in [6.07, 6.45) is 10.5. The monoisotopic (exact) mass is 561 g/mol. The Balaban J connectivity index is 1.20. The molecule has 0 aliphatic heterocycles. The lowest BCUT2D eigenvalue weighted by atomic mass is 9.74. The molecule has 2 aliphatic carbocycles. The molecule has 0 aromatic heterocycles. The van der Waals surface area contributed by atoms with E-state index >= 15 is 8.78 Å². The summed E-state index contributed by atoms with van der Waals surface area (Å²) in [5, 5.41) is 8.98. The van der Waals surface area contributed by atoms with Crippen LogP contribution in [0.15, 0.2) is 42.5 Å². The number of hydrogen-bond acceptors (Lipinski definition) is 1. The maximum Gasteiger partial charge on any atom is 0.141 e. The third kappa shape index (κ3) is 6.69. The van der Waals surface area contributed by atoms with E-state index in [0.29, 0.717) is 37.7 Å². The Labute approximate surface area is 241 Å². The number of aryl methyl sites for hydroxylation is 2. The predicted molar refractivity (Wildman–Crippen MR) is 155 cm³/mol. The van der Waals surface area contributed by atoms with Gasteiger partial charge < -0.3 is 0 Å². The molecule has 1 fully saturated rings. The highest BCUT2D eigenvalue weighted by Gasteiger charge is 2.31. The van der Waals surface area contributed by atoms with Gasteiger partial charge in [0, 0.05) is 5.56 Å². The van der Waals surface area contributed by atoms with Crippen LogP contribution in [0.2, 0.25) is 0 Å². The molecule has 1 nitrogen and oxygen atoms in total. The van der Waals surface area contributed by atoms with Crippen molar-refractivity contribution in [2.45, 2.75) is 102 Å². The van der Waals surface area contributed by atoms with Crippen molar-refractivity contribution in [2.75, 3.05) is 0 Å². The van der Waals surface area contributed by atoms with Crippen LogP contribution in [0.1, 0.15) is 115 Å². The largest absolute Gasteiger partial charge is 0.207 e. The molecular weight excluding hydrogens is 522 g/mol. The first kappa shape index (κ1) is 29.4. The molecule has 41 heavy (non-hydrogen) atoms. The van der Waals surface area contributed by atoms with E-state index in [1.807, 2.05) is 18.2 Å². The van der Waals surface area contributed by atoms with Crippen LogP contribution in [-0.4, -0.2) is 0 Å². The first-order chi connectivity index (χ1) is 19.9. The van der Waals surface area contributed by atoms with Gasteiger partial charge in [0.2, 0.25) is 0 Å². The van der Waals surface area contributed by atoms with Crippen molar-refractivity contribution in [2.24, 2.45) is 5.92 Å². The van der Waals surface area contributed by atoms with E-state index in [4.69, 9.17) is 5.26 Å². The molecule has 5 rings (SSSR count). The lowest BCUT2D eigenvalue weighted by Gasteiger charge is -2.32. The molecule has 2 aliphatic rings. The Morgan fingerprint density at radius 2 is 1.59 bits per heavy atom. The Kier molecular flexibility index (Phi) is 9.48. The van der Waals surface area contributed by atoms with Crippen molar-refractivity contribution in [1.82, 2.24) is 0 Å². The molecule has 0 saturated heterocycles. The fraction of sp³-hybridized carbons (Fsp3) is 0.472. The highest BCUT2D eigenvalue weighted by Crippen LogP contribution is 2.44. The van der Waals surface area contributed by atoms with E-state index in [2.05, 4.69) is 6.92 Å². The molecule has 0 heterocycles. The molecule has 1 atom stereocenters. The number of unbranched alkanes of at least 4 members (excludes halogenated alkanes) is 2. The summed E-state index contributed by atoms with van der Waals surface area (Å²) in [7, 11) is 0. The molecule has 3 aromatic rings. The number of halogens is 4. The summed E-state index contributed by atoms with van der Waals surface area (Å²) < 4.78 is 60.0. The van der Waals surface area contributed by atoms with E-state index in [9.17, 15) is 8.78 Å². The number of benzene rings is 3. The van der Waals surface area contributed by atoms with E-state index in [1.54, 1.807) is 18.2 Å². The maximum atomic E-state index is 15.8. The average molecular weight is 562 g/mol. The third-order valence-corrected chi connectivity index (χ3v) is 9.49. The van der Waals surface area contributed by atoms with Gasteiger partial charge in [-0.05, 0) is 140 Å². The lowest BCUT2D eigenvalue weighted by Crippen LogP contribution is -2.20. The number of fused-ring (bicyclic) bond motifs is 1. The van der Waals surface area contributed by atoms with Crippen LogP contribution in [0.3, 0.4) is 0 Å². The number of nitriles is 1. The van der Waals surface area contributed by atoms with Crippen LogP contribution < -0.4 is 0 Å². The molecular formula is C36H39F4N. The van der Waals surface area contributed by atoms with Gasteiger partial charge in [0.05, 0.1) is 5.56 Å². The minimum atomic E-state index is -0.516. The highest BCUT2D eigenvalue weighted by molar-refractivity contribution is 5.40. The average Bonchev–Trinajstić information content (AvgIpc) is 2.97. The zero-order valence-electron chi connectivity index (χ0n) is 23.9. The van der Waals surface area contributed by atoms with Gasteiger partial charge in [0.25, 0.3) is 0 Å². The fourth-order valence-corrected chi connectivity index (χ4v) is 7.04. The molecule has 0 spiro atoms. The summed E-state index contributed by atoms with van der Waals surface area (Å²) in [4.78, 5) is 0. The standard InChI is InChI=1S/C36H39F4N/c1-2-3-4-5-23-6-9-26(32(37)19-23)10-7-24-8-17-31-30(18-24)21-34(39)35(36(31)40)27-13-11-25(12-14-27)28-15-16-29(22-41)33(38)20-28/h6,9,15-16,19-21,24-25,27H,2-5,7-8,10-14,17-18H2,1H3. The summed E-state index contributed by atoms with van der Waals surface area (Å²) >= 11 is 0. The van der Waals surface area contributed by atoms with E-state index in [0.717, 1.165) is 73.6 Å². The number of rotatable bonds is 9. The molecule has 0 N–H and O–H groups in total. The Morgan fingerprint density at radius 3 is 2.29 bits per heavy atom. The van der Waals surface area contributed by atoms with Gasteiger partial charge in [-0.1, -0.05) is 38.0 Å². The van der Waals surface area contributed by atoms with Crippen molar-refractivity contribution in [3.63, 3.8) is 0 Å². The van der Waals surface area contributed by atoms with Crippen LogP contribution in [0, 0.1) is 40.5 Å². The lowest BCUT2D eigenvalue weighted by molar-refractivity contribution is 0.368. The fourth-order valence-electron chi connectivity index (χ4n) is 7.04. The van der Waals surface area contributed by atoms with Crippen LogP contribution in [0.5, 0.6) is 0 Å². The first-order valence-corrected chi connectivity index (χ1v) is 15.3. The summed E-state index contributed by atoms with van der Waals surface area (Å²) in [6, 6.07) is 13.7. The van der Waals surface area contributed by atoms with E-state index in [1.165, 1.54) is 12.1 Å². The van der Waals surface area contributed by atoms with Gasteiger partial charge in [-0.15, -0.1) is 0 Å². The quantitative estimate of drug-likeness (QED) is 0.188. The second-order valence-corrected chi connectivity index (χ2v) is 12.2. The van der Waals surface area contributed by atoms with Gasteiger partial charge in [-0.2, -0.15) is 5.26 Å². The Morgan fingerprint density at radius 1 is 0.805 bits per heavy atom. The SMILES string of the molecule is CCCCCc1ccc(CCC2CCc3c(cc(F)c(C4CCC(c5ccc(C#N)c(F)c5)CC4)c3F)C2)c(F)c1. The molecule has 216 valence electrons. The first-order valence-electron chi connectivity index (χ1n) is 15.3. The van der Waals surface area contributed by atoms with Gasteiger partial charge in [0.15, 0.2) is 0 Å². The summed E-state index contributed by atoms with van der Waals surface area (Å²) in [5.74, 6) is -1.28. The number of nitrogens with zero attached hydrogens (tertiary/aromatic N) is 1. The van der Waals surface area contributed by atoms with Crippen LogP contribution in [0.25, 0.3) is 0 Å². The minimum Gasteiger partial charge on any atom is -0.207 e. The Bertz CT molecular complexity index is 1410. The molecule has 3 aromatic carbocycles. The molecule has 1 unspecified atom stereocenters. The smallest absolute Gasteiger partial charge is 0.141 e. The normalized spacial score (nSPS) is 20.4. The molecule has 0 amide bonds. The molecule has 5 heteroatoms. The second-order valence-electron chi connectivity index (χ2n) is 12.2. The van der Waals surface area contributed by atoms with Gasteiger partial charge in [0.1, 0.15) is 29.3 Å². The van der Waals surface area contributed by atoms with E-state index in [-0.39, 0.29) is 40.5 Å². The predicted octanol–water partition coefficient (Wildman–Crippen LogP) is 10.0. The van der Waals surface area contributed by atoms with Crippen LogP contribution >= 0.6 is 0 Å². The van der Waals surface area contributed by atoms with Crippen LogP contribution in [-0.2, 0) is 25.7 Å². The zero-order chi connectivity index (χ0) is 28.9. The van der Waals surface area contributed by atoms with Crippen molar-refractivity contribution in [1.29, 1.82) is 5.26 Å². The molecule has 1 saturated carbocycles. The zero-order valence-corrected chi connectivity index (χ0v) is 23.9. The highest BCUT2D eigenvalue weighted by atomic mass is 19.1. The van der Waals surface area contributed by atoms with Crippen molar-refractivity contribution < 1.29 is 17.6 Å². The van der Waals surface area contributed by atoms with E-state index < -0.39 is 11.6 Å². The maximum absolute atomic E-state index is 15.8. The van der Waals surface area contributed by atoms with Gasteiger partial charge in [-0.25, -0.2) is 17.6 Å². The van der Waals surface area contributed by atoms with Gasteiger partial charge in [-0.3, -0.25) is 0 Å². The summed E-state index contributed by atoms with van der Waals surface area (Å²) in [5.41, 5.74) is 4.27. The molecule has 0 radical (unpaired) electrons. The summed E-state index contributed by atoms with van der Waals surface area (Å²) in [6.45, 7) is 2.16. The minimum absolute atomic E-state index is 0.0295. The van der Waals surface area contributed by atoms with Crippen molar-refractivity contribution in [3.8, 4) is 6.07 Å². The third-order valence-electron chi connectivity index (χ3n) is 9.49. The second kappa shape index (κ2) is 13.2.